The van der Waals surface area contributed by atoms with Crippen molar-refractivity contribution in [3.05, 3.63) is 83.9 Å². The van der Waals surface area contributed by atoms with Crippen molar-refractivity contribution < 1.29 is 14.3 Å². The molecule has 0 spiro atoms. The lowest BCUT2D eigenvalue weighted by atomic mass is 10.1. The second-order valence-electron chi connectivity index (χ2n) is 9.40. The van der Waals surface area contributed by atoms with Gasteiger partial charge in [0.25, 0.3) is 0 Å². The molecule has 1 heterocycles. The molecular weight excluding hydrogens is 508 g/mol. The Kier molecular flexibility index (Phi) is 10.0. The summed E-state index contributed by atoms with van der Waals surface area (Å²) in [6.45, 7) is 2.74. The zero-order valence-electron chi connectivity index (χ0n) is 23.1. The number of rotatable bonds is 13. The standard InChI is InChI=1S/C31H36N4O3S/c1-23-13-16-26(17-14-23)35-30(25-10-6-5-7-11-25)32-33-31(35)39-21-9-8-12-29(36)34(2)20-19-24-15-18-27(37-3)28(22-24)38-4/h5-7,10-11,13-18,22H,8-9,12,19-21H2,1-4H3. The molecule has 0 N–H and O–H groups in total. The van der Waals surface area contributed by atoms with E-state index in [0.717, 1.165) is 52.8 Å². The van der Waals surface area contributed by atoms with Gasteiger partial charge in [-0.3, -0.25) is 9.36 Å². The fourth-order valence-electron chi connectivity index (χ4n) is 4.25. The number of nitrogens with zero attached hydrogens (tertiary/aromatic N) is 4. The quantitative estimate of drug-likeness (QED) is 0.147. The van der Waals surface area contributed by atoms with Gasteiger partial charge in [-0.1, -0.05) is 65.9 Å². The lowest BCUT2D eigenvalue weighted by Crippen LogP contribution is -2.28. The summed E-state index contributed by atoms with van der Waals surface area (Å²) < 4.78 is 12.8. The van der Waals surface area contributed by atoms with Gasteiger partial charge in [-0.2, -0.15) is 0 Å². The van der Waals surface area contributed by atoms with E-state index in [4.69, 9.17) is 9.47 Å². The maximum atomic E-state index is 12.7. The molecule has 39 heavy (non-hydrogen) atoms. The molecule has 0 saturated carbocycles. The molecule has 4 aromatic rings. The first-order valence-electron chi connectivity index (χ1n) is 13.2. The van der Waals surface area contributed by atoms with Crippen molar-refractivity contribution in [2.75, 3.05) is 33.6 Å². The fraction of sp³-hybridized carbons (Fsp3) is 0.323. The second kappa shape index (κ2) is 13.8. The molecular formula is C31H36N4O3S. The number of methoxy groups -OCH3 is 2. The zero-order valence-corrected chi connectivity index (χ0v) is 23.9. The van der Waals surface area contributed by atoms with Crippen LogP contribution in [-0.2, 0) is 11.2 Å². The van der Waals surface area contributed by atoms with Gasteiger partial charge in [0.05, 0.1) is 14.2 Å². The first-order chi connectivity index (χ1) is 19.0. The maximum absolute atomic E-state index is 12.7. The van der Waals surface area contributed by atoms with E-state index in [9.17, 15) is 4.79 Å². The summed E-state index contributed by atoms with van der Waals surface area (Å²) in [5, 5.41) is 9.89. The fourth-order valence-corrected chi connectivity index (χ4v) is 5.21. The normalized spacial score (nSPS) is 10.9. The Morgan fingerprint density at radius 2 is 1.67 bits per heavy atom. The van der Waals surface area contributed by atoms with Crippen LogP contribution in [0.25, 0.3) is 17.1 Å². The van der Waals surface area contributed by atoms with Crippen LogP contribution in [-0.4, -0.2) is 59.1 Å². The lowest BCUT2D eigenvalue weighted by molar-refractivity contribution is -0.129. The minimum absolute atomic E-state index is 0.162. The van der Waals surface area contributed by atoms with E-state index in [1.807, 2.05) is 48.3 Å². The maximum Gasteiger partial charge on any atom is 0.222 e. The molecule has 0 fully saturated rings. The highest BCUT2D eigenvalue weighted by atomic mass is 32.2. The molecule has 3 aromatic carbocycles. The summed E-state index contributed by atoms with van der Waals surface area (Å²) in [6.07, 6.45) is 3.04. The van der Waals surface area contributed by atoms with E-state index in [2.05, 4.69) is 58.1 Å². The number of likely N-dealkylation sites (N-methyl/N-ethyl adjacent to an activating group) is 1. The summed E-state index contributed by atoms with van der Waals surface area (Å²) in [4.78, 5) is 14.5. The van der Waals surface area contributed by atoms with Gasteiger partial charge in [-0.25, -0.2) is 0 Å². The smallest absolute Gasteiger partial charge is 0.222 e. The minimum Gasteiger partial charge on any atom is -0.493 e. The van der Waals surface area contributed by atoms with E-state index < -0.39 is 0 Å². The van der Waals surface area contributed by atoms with Gasteiger partial charge >= 0.3 is 0 Å². The third-order valence-corrected chi connectivity index (χ3v) is 7.60. The average Bonchev–Trinajstić information content (AvgIpc) is 3.40. The second-order valence-corrected chi connectivity index (χ2v) is 10.5. The largest absolute Gasteiger partial charge is 0.493 e. The Morgan fingerprint density at radius 3 is 2.38 bits per heavy atom. The Bertz CT molecular complexity index is 1360. The molecule has 4 rings (SSSR count). The number of aromatic nitrogens is 3. The third-order valence-electron chi connectivity index (χ3n) is 6.58. The van der Waals surface area contributed by atoms with E-state index in [1.165, 1.54) is 5.56 Å². The number of benzene rings is 3. The summed E-state index contributed by atoms with van der Waals surface area (Å²) in [5.74, 6) is 3.26. The van der Waals surface area contributed by atoms with Gasteiger partial charge < -0.3 is 14.4 Å². The van der Waals surface area contributed by atoms with E-state index in [1.54, 1.807) is 26.0 Å². The summed E-state index contributed by atoms with van der Waals surface area (Å²) in [6, 6.07) is 24.4. The van der Waals surface area contributed by atoms with Gasteiger partial charge in [-0.15, -0.1) is 10.2 Å². The Hall–Kier alpha value is -3.78. The molecule has 8 heteroatoms. The first kappa shape index (κ1) is 28.2. The number of hydrogen-bond acceptors (Lipinski definition) is 6. The van der Waals surface area contributed by atoms with E-state index in [-0.39, 0.29) is 5.91 Å². The first-order valence-corrected chi connectivity index (χ1v) is 14.1. The van der Waals surface area contributed by atoms with Gasteiger partial charge in [0.2, 0.25) is 5.91 Å². The van der Waals surface area contributed by atoms with Crippen LogP contribution in [0.4, 0.5) is 0 Å². The highest BCUT2D eigenvalue weighted by molar-refractivity contribution is 7.99. The molecule has 1 aromatic heterocycles. The number of carbonyl (C=O) groups excluding carboxylic acids is 1. The monoisotopic (exact) mass is 544 g/mol. The van der Waals surface area contributed by atoms with Gasteiger partial charge in [0.15, 0.2) is 22.5 Å². The lowest BCUT2D eigenvalue weighted by Gasteiger charge is -2.17. The van der Waals surface area contributed by atoms with Crippen LogP contribution in [0.3, 0.4) is 0 Å². The molecule has 0 atom stereocenters. The molecule has 1 amide bonds. The molecule has 0 aliphatic carbocycles. The number of aryl methyl sites for hydroxylation is 1. The SMILES string of the molecule is COc1ccc(CCN(C)C(=O)CCCCSc2nnc(-c3ccccc3)n2-c2ccc(C)cc2)cc1OC. The Labute approximate surface area is 235 Å². The molecule has 7 nitrogen and oxygen atoms in total. The van der Waals surface area contributed by atoms with Crippen molar-refractivity contribution >= 4 is 17.7 Å². The molecule has 0 unspecified atom stereocenters. The molecule has 0 aliphatic rings. The van der Waals surface area contributed by atoms with Crippen molar-refractivity contribution in [2.24, 2.45) is 0 Å². The molecule has 0 saturated heterocycles. The van der Waals surface area contributed by atoms with Crippen molar-refractivity contribution in [2.45, 2.75) is 37.8 Å². The molecule has 0 radical (unpaired) electrons. The predicted octanol–water partition coefficient (Wildman–Crippen LogP) is 6.22. The zero-order chi connectivity index (χ0) is 27.6. The van der Waals surface area contributed by atoms with Crippen molar-refractivity contribution in [1.29, 1.82) is 0 Å². The van der Waals surface area contributed by atoms with Crippen molar-refractivity contribution in [3.8, 4) is 28.6 Å². The van der Waals surface area contributed by atoms with Gasteiger partial charge in [0.1, 0.15) is 0 Å². The average molecular weight is 545 g/mol. The number of hydrogen-bond donors (Lipinski definition) is 0. The van der Waals surface area contributed by atoms with Crippen LogP contribution in [0, 0.1) is 6.92 Å². The molecule has 0 aliphatic heterocycles. The topological polar surface area (TPSA) is 69.5 Å². The highest BCUT2D eigenvalue weighted by Crippen LogP contribution is 2.29. The number of carbonyl (C=O) groups is 1. The highest BCUT2D eigenvalue weighted by Gasteiger charge is 2.16. The van der Waals surface area contributed by atoms with Crippen LogP contribution in [0.15, 0.2) is 78.0 Å². The number of ether oxygens (including phenoxy) is 2. The van der Waals surface area contributed by atoms with E-state index >= 15 is 0 Å². The number of unbranched alkanes of at least 4 members (excludes halogenated alkanes) is 1. The molecule has 204 valence electrons. The van der Waals surface area contributed by atoms with Crippen LogP contribution in [0.1, 0.15) is 30.4 Å². The number of amides is 1. The van der Waals surface area contributed by atoms with Crippen LogP contribution < -0.4 is 9.47 Å². The van der Waals surface area contributed by atoms with E-state index in [0.29, 0.717) is 24.5 Å². The van der Waals surface area contributed by atoms with Crippen LogP contribution in [0.2, 0.25) is 0 Å². The van der Waals surface area contributed by atoms with Crippen molar-refractivity contribution in [3.63, 3.8) is 0 Å². The molecule has 0 bridgehead atoms. The summed E-state index contributed by atoms with van der Waals surface area (Å²) in [7, 11) is 5.12. The van der Waals surface area contributed by atoms with Crippen LogP contribution >= 0.6 is 11.8 Å². The van der Waals surface area contributed by atoms with Gasteiger partial charge in [0, 0.05) is 37.0 Å². The Morgan fingerprint density at radius 1 is 0.923 bits per heavy atom. The number of thioether (sulfide) groups is 1. The van der Waals surface area contributed by atoms with Gasteiger partial charge in [-0.05, 0) is 56.0 Å². The van der Waals surface area contributed by atoms with Crippen LogP contribution in [0.5, 0.6) is 11.5 Å². The Balaban J connectivity index is 1.28. The van der Waals surface area contributed by atoms with Crippen molar-refractivity contribution in [1.82, 2.24) is 19.7 Å². The third kappa shape index (κ3) is 7.41. The predicted molar refractivity (Wildman–Crippen MR) is 157 cm³/mol. The minimum atomic E-state index is 0.162. The summed E-state index contributed by atoms with van der Waals surface area (Å²) in [5.41, 5.74) is 4.38. The summed E-state index contributed by atoms with van der Waals surface area (Å²) >= 11 is 1.68.